The van der Waals surface area contributed by atoms with Gasteiger partial charge in [0, 0.05) is 11.2 Å². The lowest BCUT2D eigenvalue weighted by Crippen LogP contribution is -2.09. The van der Waals surface area contributed by atoms with Crippen molar-refractivity contribution in [2.45, 2.75) is 37.4 Å². The van der Waals surface area contributed by atoms with E-state index in [0.29, 0.717) is 0 Å². The minimum absolute atomic E-state index is 0.741. The van der Waals surface area contributed by atoms with Gasteiger partial charge in [-0.3, -0.25) is 0 Å². The average molecular weight is 215 g/mol. The van der Waals surface area contributed by atoms with Gasteiger partial charge in [-0.2, -0.15) is 0 Å². The Morgan fingerprint density at radius 3 is 2.73 bits per heavy atom. The molecule has 0 aliphatic heterocycles. The third-order valence-electron chi connectivity index (χ3n) is 2.79. The Labute approximate surface area is 77.9 Å². The highest BCUT2D eigenvalue weighted by Gasteiger charge is 2.29. The molecule has 0 bridgehead atoms. The molecule has 0 heterocycles. The summed E-state index contributed by atoms with van der Waals surface area (Å²) >= 11 is 3.68. The predicted octanol–water partition coefficient (Wildman–Crippen LogP) is 3.21. The minimum Gasteiger partial charge on any atom is -0.120 e. The van der Waals surface area contributed by atoms with Crippen LogP contribution < -0.4 is 0 Å². The van der Waals surface area contributed by atoms with Crippen LogP contribution in [-0.4, -0.2) is 4.83 Å². The first kappa shape index (κ1) is 9.13. The SMILES string of the molecule is C#CCCC1CCC(Br)C1C. The van der Waals surface area contributed by atoms with E-state index in [2.05, 4.69) is 28.8 Å². The molecular formula is C10H15Br. The molecule has 0 amide bonds. The second-order valence-corrected chi connectivity index (χ2v) is 4.63. The van der Waals surface area contributed by atoms with E-state index in [-0.39, 0.29) is 0 Å². The molecule has 11 heavy (non-hydrogen) atoms. The number of terminal acetylenes is 1. The molecule has 0 spiro atoms. The molecule has 1 rings (SSSR count). The van der Waals surface area contributed by atoms with Crippen molar-refractivity contribution in [2.75, 3.05) is 0 Å². The standard InChI is InChI=1S/C10H15Br/c1-3-4-5-9-6-7-10(11)8(9)2/h1,8-10H,4-7H2,2H3. The van der Waals surface area contributed by atoms with E-state index in [9.17, 15) is 0 Å². The molecule has 0 aromatic rings. The van der Waals surface area contributed by atoms with Crippen LogP contribution in [0.3, 0.4) is 0 Å². The molecule has 62 valence electrons. The molecule has 1 saturated carbocycles. The summed E-state index contributed by atoms with van der Waals surface area (Å²) in [4.78, 5) is 0.741. The Morgan fingerprint density at radius 1 is 1.55 bits per heavy atom. The van der Waals surface area contributed by atoms with Crippen molar-refractivity contribution in [3.8, 4) is 12.3 Å². The molecule has 0 N–H and O–H groups in total. The van der Waals surface area contributed by atoms with Gasteiger partial charge in [0.15, 0.2) is 0 Å². The maximum Gasteiger partial charge on any atom is 0.0174 e. The van der Waals surface area contributed by atoms with Crippen LogP contribution in [0.4, 0.5) is 0 Å². The first-order chi connectivity index (χ1) is 5.25. The summed E-state index contributed by atoms with van der Waals surface area (Å²) in [6.45, 7) is 2.33. The van der Waals surface area contributed by atoms with E-state index in [4.69, 9.17) is 6.42 Å². The summed E-state index contributed by atoms with van der Waals surface area (Å²) in [5.41, 5.74) is 0. The van der Waals surface area contributed by atoms with Gasteiger partial charge in [-0.15, -0.1) is 12.3 Å². The maximum absolute atomic E-state index is 5.23. The van der Waals surface area contributed by atoms with Crippen molar-refractivity contribution < 1.29 is 0 Å². The fourth-order valence-electron chi connectivity index (χ4n) is 1.87. The normalized spacial score (nSPS) is 37.0. The average Bonchev–Trinajstić information content (AvgIpc) is 2.31. The quantitative estimate of drug-likeness (QED) is 0.490. The second kappa shape index (κ2) is 4.16. The van der Waals surface area contributed by atoms with Crippen LogP contribution in [0.2, 0.25) is 0 Å². The molecule has 1 aliphatic rings. The molecule has 0 aromatic heterocycles. The van der Waals surface area contributed by atoms with E-state index >= 15 is 0 Å². The first-order valence-electron chi connectivity index (χ1n) is 4.33. The summed E-state index contributed by atoms with van der Waals surface area (Å²) in [6, 6.07) is 0. The van der Waals surface area contributed by atoms with Gasteiger partial charge in [-0.25, -0.2) is 0 Å². The van der Waals surface area contributed by atoms with Crippen LogP contribution in [0.1, 0.15) is 32.6 Å². The van der Waals surface area contributed by atoms with Gasteiger partial charge in [0.2, 0.25) is 0 Å². The maximum atomic E-state index is 5.23. The Bertz CT molecular complexity index is 157. The van der Waals surface area contributed by atoms with Crippen LogP contribution in [0.15, 0.2) is 0 Å². The third-order valence-corrected chi connectivity index (χ3v) is 4.08. The summed E-state index contributed by atoms with van der Waals surface area (Å²) in [7, 11) is 0. The van der Waals surface area contributed by atoms with Gasteiger partial charge in [0.25, 0.3) is 0 Å². The lowest BCUT2D eigenvalue weighted by atomic mass is 9.93. The topological polar surface area (TPSA) is 0 Å². The van der Waals surface area contributed by atoms with Crippen molar-refractivity contribution >= 4 is 15.9 Å². The number of hydrogen-bond acceptors (Lipinski definition) is 0. The largest absolute Gasteiger partial charge is 0.120 e. The van der Waals surface area contributed by atoms with Gasteiger partial charge >= 0.3 is 0 Å². The van der Waals surface area contributed by atoms with Crippen LogP contribution in [0, 0.1) is 24.2 Å². The van der Waals surface area contributed by atoms with Gasteiger partial charge in [0.05, 0.1) is 0 Å². The third kappa shape index (κ3) is 2.24. The Morgan fingerprint density at radius 2 is 2.27 bits per heavy atom. The Hall–Kier alpha value is 0.0400. The molecule has 1 heteroatoms. The summed E-state index contributed by atoms with van der Waals surface area (Å²) in [5, 5.41) is 0. The van der Waals surface area contributed by atoms with Crippen molar-refractivity contribution in [3.63, 3.8) is 0 Å². The molecule has 1 fully saturated rings. The number of halogens is 1. The van der Waals surface area contributed by atoms with Crippen molar-refractivity contribution in [1.29, 1.82) is 0 Å². The van der Waals surface area contributed by atoms with Gasteiger partial charge in [0.1, 0.15) is 0 Å². The molecular weight excluding hydrogens is 200 g/mol. The second-order valence-electron chi connectivity index (χ2n) is 3.46. The van der Waals surface area contributed by atoms with Crippen LogP contribution in [-0.2, 0) is 0 Å². The lowest BCUT2D eigenvalue weighted by molar-refractivity contribution is 0.402. The minimum atomic E-state index is 0.741. The van der Waals surface area contributed by atoms with Gasteiger partial charge in [-0.05, 0) is 31.1 Å². The number of rotatable bonds is 2. The fourth-order valence-corrected chi connectivity index (χ4v) is 2.57. The van der Waals surface area contributed by atoms with Crippen LogP contribution in [0.25, 0.3) is 0 Å². The molecule has 3 atom stereocenters. The van der Waals surface area contributed by atoms with Gasteiger partial charge < -0.3 is 0 Å². The smallest absolute Gasteiger partial charge is 0.0174 e. The molecule has 3 unspecified atom stereocenters. The highest BCUT2D eigenvalue weighted by Crippen LogP contribution is 2.38. The zero-order valence-electron chi connectivity index (χ0n) is 7.02. The van der Waals surface area contributed by atoms with E-state index in [1.807, 2.05) is 0 Å². The molecule has 0 saturated heterocycles. The lowest BCUT2D eigenvalue weighted by Gasteiger charge is -2.15. The number of hydrogen-bond donors (Lipinski definition) is 0. The highest BCUT2D eigenvalue weighted by molar-refractivity contribution is 9.09. The molecule has 0 aromatic carbocycles. The van der Waals surface area contributed by atoms with E-state index < -0.39 is 0 Å². The molecule has 0 nitrogen and oxygen atoms in total. The van der Waals surface area contributed by atoms with Crippen molar-refractivity contribution in [2.24, 2.45) is 11.8 Å². The first-order valence-corrected chi connectivity index (χ1v) is 5.24. The van der Waals surface area contributed by atoms with E-state index in [1.54, 1.807) is 0 Å². The van der Waals surface area contributed by atoms with E-state index in [1.165, 1.54) is 19.3 Å². The number of alkyl halides is 1. The summed E-state index contributed by atoms with van der Waals surface area (Å²) < 4.78 is 0. The zero-order chi connectivity index (χ0) is 8.27. The highest BCUT2D eigenvalue weighted by atomic mass is 79.9. The van der Waals surface area contributed by atoms with Crippen LogP contribution >= 0.6 is 15.9 Å². The predicted molar refractivity (Wildman–Crippen MR) is 52.7 cm³/mol. The molecule has 1 aliphatic carbocycles. The Kier molecular flexibility index (Phi) is 3.45. The van der Waals surface area contributed by atoms with Crippen molar-refractivity contribution in [3.05, 3.63) is 0 Å². The zero-order valence-corrected chi connectivity index (χ0v) is 8.60. The van der Waals surface area contributed by atoms with Crippen LogP contribution in [0.5, 0.6) is 0 Å². The van der Waals surface area contributed by atoms with E-state index in [0.717, 1.165) is 23.1 Å². The fraction of sp³-hybridized carbons (Fsp3) is 0.800. The summed E-state index contributed by atoms with van der Waals surface area (Å²) in [6.07, 6.45) is 10.1. The van der Waals surface area contributed by atoms with Gasteiger partial charge in [-0.1, -0.05) is 22.9 Å². The Balaban J connectivity index is 2.31. The van der Waals surface area contributed by atoms with Crippen molar-refractivity contribution in [1.82, 2.24) is 0 Å². The molecule has 0 radical (unpaired) electrons. The monoisotopic (exact) mass is 214 g/mol. The summed E-state index contributed by atoms with van der Waals surface area (Å²) in [5.74, 6) is 4.41.